The molecule has 2 aromatic carbocycles. The first-order chi connectivity index (χ1) is 15.0. The minimum absolute atomic E-state index is 0.134. The summed E-state index contributed by atoms with van der Waals surface area (Å²) in [7, 11) is -3.45. The van der Waals surface area contributed by atoms with Crippen molar-refractivity contribution in [1.29, 1.82) is 0 Å². The van der Waals surface area contributed by atoms with Crippen molar-refractivity contribution >= 4 is 27.3 Å². The van der Waals surface area contributed by atoms with Crippen LogP contribution in [0.15, 0.2) is 53.4 Å². The van der Waals surface area contributed by atoms with Gasteiger partial charge in [-0.15, -0.1) is 0 Å². The van der Waals surface area contributed by atoms with E-state index in [0.29, 0.717) is 13.1 Å². The zero-order chi connectivity index (χ0) is 21.7. The van der Waals surface area contributed by atoms with Crippen molar-refractivity contribution in [3.05, 3.63) is 54.1 Å². The predicted molar refractivity (Wildman–Crippen MR) is 121 cm³/mol. The number of carbonyl (C=O) groups excluding carboxylic acids is 1. The number of amides is 1. The number of nitrogens with zero attached hydrogens (tertiary/aromatic N) is 2. The van der Waals surface area contributed by atoms with Gasteiger partial charge in [0.05, 0.1) is 24.5 Å². The molecule has 0 spiro atoms. The molecule has 2 heterocycles. The number of hydrogen-bond donors (Lipinski definition) is 1. The van der Waals surface area contributed by atoms with E-state index in [4.69, 9.17) is 4.74 Å². The van der Waals surface area contributed by atoms with Gasteiger partial charge < -0.3 is 15.0 Å². The number of sulfonamides is 1. The Labute approximate surface area is 184 Å². The minimum atomic E-state index is -3.45. The summed E-state index contributed by atoms with van der Waals surface area (Å²) in [6.07, 6.45) is 3.08. The summed E-state index contributed by atoms with van der Waals surface area (Å²) < 4.78 is 32.4. The van der Waals surface area contributed by atoms with Crippen LogP contribution in [0.2, 0.25) is 0 Å². The van der Waals surface area contributed by atoms with Crippen LogP contribution >= 0.6 is 0 Å². The highest BCUT2D eigenvalue weighted by molar-refractivity contribution is 7.89. The molecule has 0 aromatic heterocycles. The van der Waals surface area contributed by atoms with Crippen LogP contribution in [-0.2, 0) is 26.0 Å². The first kappa shape index (κ1) is 21.8. The number of hydrogen-bond acceptors (Lipinski definition) is 5. The highest BCUT2D eigenvalue weighted by atomic mass is 32.2. The molecule has 4 rings (SSSR count). The number of nitrogens with one attached hydrogen (secondary N) is 1. The Morgan fingerprint density at radius 1 is 0.871 bits per heavy atom. The highest BCUT2D eigenvalue weighted by Gasteiger charge is 2.25. The molecule has 166 valence electrons. The van der Waals surface area contributed by atoms with E-state index in [1.165, 1.54) is 0 Å². The molecule has 0 unspecified atom stereocenters. The fraction of sp³-hybridized carbons (Fsp3) is 0.435. The van der Waals surface area contributed by atoms with Crippen LogP contribution < -0.4 is 10.2 Å². The van der Waals surface area contributed by atoms with Crippen LogP contribution in [0.3, 0.4) is 0 Å². The molecule has 2 saturated heterocycles. The van der Waals surface area contributed by atoms with Crippen molar-refractivity contribution in [1.82, 2.24) is 4.31 Å². The van der Waals surface area contributed by atoms with E-state index in [1.54, 1.807) is 28.6 Å². The summed E-state index contributed by atoms with van der Waals surface area (Å²) in [4.78, 5) is 15.0. The van der Waals surface area contributed by atoms with Crippen LogP contribution in [0.25, 0.3) is 0 Å². The summed E-state index contributed by atoms with van der Waals surface area (Å²) in [6, 6.07) is 14.4. The lowest BCUT2D eigenvalue weighted by Gasteiger charge is -2.28. The minimum Gasteiger partial charge on any atom is -0.378 e. The zero-order valence-electron chi connectivity index (χ0n) is 17.6. The molecule has 0 saturated carbocycles. The van der Waals surface area contributed by atoms with Gasteiger partial charge in [-0.1, -0.05) is 18.6 Å². The second kappa shape index (κ2) is 9.80. The molecule has 1 N–H and O–H groups in total. The number of carbonyl (C=O) groups is 1. The summed E-state index contributed by atoms with van der Waals surface area (Å²) >= 11 is 0. The molecular formula is C23H29N3O4S. The number of benzene rings is 2. The van der Waals surface area contributed by atoms with Gasteiger partial charge in [0.1, 0.15) is 0 Å². The monoisotopic (exact) mass is 443 g/mol. The van der Waals surface area contributed by atoms with Gasteiger partial charge in [0.15, 0.2) is 0 Å². The lowest BCUT2D eigenvalue weighted by Crippen LogP contribution is -2.36. The lowest BCUT2D eigenvalue weighted by atomic mass is 10.1. The van der Waals surface area contributed by atoms with Crippen LogP contribution in [0.5, 0.6) is 0 Å². The number of rotatable bonds is 6. The number of piperidine rings is 1. The van der Waals surface area contributed by atoms with Crippen molar-refractivity contribution in [3.8, 4) is 0 Å². The fourth-order valence-electron chi connectivity index (χ4n) is 4.00. The molecule has 31 heavy (non-hydrogen) atoms. The Hall–Kier alpha value is -2.42. The van der Waals surface area contributed by atoms with Gasteiger partial charge in [-0.25, -0.2) is 8.42 Å². The van der Waals surface area contributed by atoms with E-state index >= 15 is 0 Å². The van der Waals surface area contributed by atoms with Gasteiger partial charge in [-0.05, 0) is 54.8 Å². The molecule has 1 amide bonds. The zero-order valence-corrected chi connectivity index (χ0v) is 18.4. The Bertz CT molecular complexity index is 978. The topological polar surface area (TPSA) is 79.0 Å². The second-order valence-electron chi connectivity index (χ2n) is 7.98. The fourth-order valence-corrected chi connectivity index (χ4v) is 5.52. The van der Waals surface area contributed by atoms with E-state index in [-0.39, 0.29) is 17.2 Å². The largest absolute Gasteiger partial charge is 0.378 e. The van der Waals surface area contributed by atoms with E-state index in [2.05, 4.69) is 10.2 Å². The van der Waals surface area contributed by atoms with Crippen LogP contribution in [0.1, 0.15) is 24.8 Å². The van der Waals surface area contributed by atoms with E-state index < -0.39 is 10.0 Å². The SMILES string of the molecule is O=C(Cc1ccc(S(=O)(=O)N2CCCCC2)cc1)Nc1ccc(N2CCOCC2)cc1. The molecule has 0 aliphatic carbocycles. The quantitative estimate of drug-likeness (QED) is 0.743. The molecule has 7 nitrogen and oxygen atoms in total. The van der Waals surface area contributed by atoms with E-state index in [0.717, 1.165) is 62.5 Å². The maximum atomic E-state index is 12.7. The van der Waals surface area contributed by atoms with Gasteiger partial charge in [-0.3, -0.25) is 4.79 Å². The van der Waals surface area contributed by atoms with Crippen molar-refractivity contribution in [2.24, 2.45) is 0 Å². The molecule has 2 aliphatic heterocycles. The lowest BCUT2D eigenvalue weighted by molar-refractivity contribution is -0.115. The maximum Gasteiger partial charge on any atom is 0.243 e. The molecule has 8 heteroatoms. The molecule has 2 fully saturated rings. The second-order valence-corrected chi connectivity index (χ2v) is 9.92. The van der Waals surface area contributed by atoms with Crippen LogP contribution in [0.4, 0.5) is 11.4 Å². The average molecular weight is 444 g/mol. The molecule has 0 bridgehead atoms. The Kier molecular flexibility index (Phi) is 6.89. The third-order valence-corrected chi connectivity index (χ3v) is 7.68. The maximum absolute atomic E-state index is 12.7. The number of ether oxygens (including phenoxy) is 1. The van der Waals surface area contributed by atoms with Crippen molar-refractivity contribution in [3.63, 3.8) is 0 Å². The Morgan fingerprint density at radius 3 is 2.16 bits per heavy atom. The van der Waals surface area contributed by atoms with Crippen molar-refractivity contribution < 1.29 is 17.9 Å². The van der Waals surface area contributed by atoms with Gasteiger partial charge in [0.2, 0.25) is 15.9 Å². The third-order valence-electron chi connectivity index (χ3n) is 5.77. The van der Waals surface area contributed by atoms with Gasteiger partial charge >= 0.3 is 0 Å². The molecular weight excluding hydrogens is 414 g/mol. The van der Waals surface area contributed by atoms with Crippen molar-refractivity contribution in [2.75, 3.05) is 49.6 Å². The number of morpholine rings is 1. The first-order valence-electron chi connectivity index (χ1n) is 10.8. The van der Waals surface area contributed by atoms with E-state index in [1.807, 2.05) is 24.3 Å². The average Bonchev–Trinajstić information content (AvgIpc) is 2.81. The summed E-state index contributed by atoms with van der Waals surface area (Å²) in [5, 5.41) is 2.91. The number of anilines is 2. The molecule has 2 aromatic rings. The van der Waals surface area contributed by atoms with Crippen molar-refractivity contribution in [2.45, 2.75) is 30.6 Å². The summed E-state index contributed by atoms with van der Waals surface area (Å²) in [6.45, 7) is 4.37. The first-order valence-corrected chi connectivity index (χ1v) is 12.3. The summed E-state index contributed by atoms with van der Waals surface area (Å²) in [5.41, 5.74) is 2.64. The predicted octanol–water partition coefficient (Wildman–Crippen LogP) is 2.88. The van der Waals surface area contributed by atoms with Crippen LogP contribution in [-0.4, -0.2) is 58.0 Å². The van der Waals surface area contributed by atoms with Gasteiger partial charge in [-0.2, -0.15) is 4.31 Å². The third kappa shape index (κ3) is 5.44. The molecule has 2 aliphatic rings. The Morgan fingerprint density at radius 2 is 1.52 bits per heavy atom. The Balaban J connectivity index is 1.33. The normalized spacial score (nSPS) is 18.0. The highest BCUT2D eigenvalue weighted by Crippen LogP contribution is 2.22. The smallest absolute Gasteiger partial charge is 0.243 e. The molecule has 0 atom stereocenters. The van der Waals surface area contributed by atoms with Gasteiger partial charge in [0, 0.05) is 37.6 Å². The molecule has 0 radical (unpaired) electrons. The summed E-state index contributed by atoms with van der Waals surface area (Å²) in [5.74, 6) is -0.134. The van der Waals surface area contributed by atoms with Crippen LogP contribution in [0, 0.1) is 0 Å². The van der Waals surface area contributed by atoms with E-state index in [9.17, 15) is 13.2 Å². The standard InChI is InChI=1S/C23H29N3O4S/c27-23(24-20-6-8-21(9-7-20)25-14-16-30-17-15-25)18-19-4-10-22(11-5-19)31(28,29)26-12-2-1-3-13-26/h4-11H,1-3,12-18H2,(H,24,27). The van der Waals surface area contributed by atoms with Gasteiger partial charge in [0.25, 0.3) is 0 Å².